The molecule has 19 heteroatoms. The summed E-state index contributed by atoms with van der Waals surface area (Å²) in [4.78, 5) is 79.0. The zero-order valence-electron chi connectivity index (χ0n) is 54.8. The van der Waals surface area contributed by atoms with E-state index in [0.717, 1.165) is 24.0 Å². The molecule has 5 amide bonds. The predicted molar refractivity (Wildman–Crippen MR) is 341 cm³/mol. The van der Waals surface area contributed by atoms with Crippen LogP contribution in [0.25, 0.3) is 10.4 Å². The van der Waals surface area contributed by atoms with E-state index < -0.39 is 72.7 Å². The van der Waals surface area contributed by atoms with Gasteiger partial charge in [0.25, 0.3) is 0 Å². The van der Waals surface area contributed by atoms with Gasteiger partial charge in [0.05, 0.1) is 62.0 Å². The van der Waals surface area contributed by atoms with E-state index in [1.165, 1.54) is 68.9 Å². The molecule has 0 radical (unpaired) electrons. The highest BCUT2D eigenvalue weighted by Gasteiger charge is 2.44. The Morgan fingerprint density at radius 2 is 1.38 bits per heavy atom. The first kappa shape index (κ1) is 71.0. The van der Waals surface area contributed by atoms with Crippen LogP contribution in [-0.4, -0.2) is 141 Å². The Kier molecular flexibility index (Phi) is 29.0. The Morgan fingerprint density at radius 1 is 0.727 bits per heavy atom. The number of hydrogen-bond acceptors (Lipinski definition) is 12. The fourth-order valence-electron chi connectivity index (χ4n) is 13.2. The normalized spacial score (nSPS) is 20.8. The summed E-state index contributed by atoms with van der Waals surface area (Å²) in [6.07, 6.45) is 11.8. The molecule has 2 heterocycles. The molecular weight excluding hydrogens is 1120 g/mol. The van der Waals surface area contributed by atoms with E-state index in [-0.39, 0.29) is 54.6 Å². The number of nitrogens with zero attached hydrogens (tertiary/aromatic N) is 6. The highest BCUT2D eigenvalue weighted by molar-refractivity contribution is 5.92. The molecular formula is C69H104N8O11. The van der Waals surface area contributed by atoms with Gasteiger partial charge in [-0.05, 0) is 103 Å². The number of carbonyl (C=O) groups is 5. The summed E-state index contributed by atoms with van der Waals surface area (Å²) in [6.45, 7) is 16.5. The van der Waals surface area contributed by atoms with Gasteiger partial charge in [0.15, 0.2) is 6.29 Å². The lowest BCUT2D eigenvalue weighted by Gasteiger charge is -2.41. The molecule has 0 spiro atoms. The van der Waals surface area contributed by atoms with Crippen LogP contribution in [0.15, 0.2) is 84.0 Å². The number of hydrogen-bond donors (Lipinski definition) is 2. The second-order valence-electron chi connectivity index (χ2n) is 25.6. The van der Waals surface area contributed by atoms with Crippen LogP contribution in [0.1, 0.15) is 186 Å². The minimum absolute atomic E-state index is 0.0485. The van der Waals surface area contributed by atoms with E-state index in [2.05, 4.69) is 44.9 Å². The van der Waals surface area contributed by atoms with Crippen LogP contribution in [0.4, 0.5) is 10.5 Å². The topological polar surface area (TPSA) is 223 Å². The first-order valence-electron chi connectivity index (χ1n) is 32.6. The number of ether oxygens (including phenoxy) is 6. The van der Waals surface area contributed by atoms with Gasteiger partial charge in [0.1, 0.15) is 24.8 Å². The average molecular weight is 1220 g/mol. The zero-order valence-corrected chi connectivity index (χ0v) is 54.8. The lowest BCUT2D eigenvalue weighted by atomic mass is 9.89. The molecule has 3 aliphatic rings. The van der Waals surface area contributed by atoms with Crippen LogP contribution in [0.2, 0.25) is 0 Å². The minimum atomic E-state index is -0.991. The van der Waals surface area contributed by atoms with Crippen LogP contribution in [0.3, 0.4) is 0 Å². The second-order valence-corrected chi connectivity index (χ2v) is 25.6. The van der Waals surface area contributed by atoms with Crippen molar-refractivity contribution >= 4 is 35.4 Å². The number of likely N-dealkylation sites (tertiary alicyclic amines) is 1. The first-order valence-corrected chi connectivity index (χ1v) is 32.6. The molecule has 2 aliphatic heterocycles. The smallest absolute Gasteiger partial charge is 0.410 e. The molecule has 19 nitrogen and oxygen atoms in total. The average Bonchev–Trinajstić information content (AvgIpc) is 4.12. The molecule has 1 aliphatic carbocycles. The van der Waals surface area contributed by atoms with E-state index >= 15 is 0 Å². The summed E-state index contributed by atoms with van der Waals surface area (Å²) in [7, 11) is 6.29. The summed E-state index contributed by atoms with van der Waals surface area (Å²) in [5, 5.41) is 9.81. The number of benzene rings is 3. The molecule has 0 bridgehead atoms. The van der Waals surface area contributed by atoms with Crippen molar-refractivity contribution in [1.29, 1.82) is 0 Å². The third-order valence-electron chi connectivity index (χ3n) is 18.5. The molecule has 486 valence electrons. The number of amides is 5. The maximum absolute atomic E-state index is 14.8. The number of likely N-dealkylation sites (N-methyl/N-ethyl adjacent to an activating group) is 2. The molecule has 1 saturated carbocycles. The van der Waals surface area contributed by atoms with Gasteiger partial charge in [-0.3, -0.25) is 24.1 Å². The molecule has 3 fully saturated rings. The van der Waals surface area contributed by atoms with Crippen molar-refractivity contribution < 1.29 is 52.4 Å². The Labute approximate surface area is 524 Å². The number of rotatable bonds is 30. The fourth-order valence-corrected chi connectivity index (χ4v) is 13.2. The van der Waals surface area contributed by atoms with E-state index in [1.54, 1.807) is 50.4 Å². The zero-order chi connectivity index (χ0) is 63.9. The Balaban J connectivity index is 1.05. The van der Waals surface area contributed by atoms with E-state index in [9.17, 15) is 24.0 Å². The molecule has 2 saturated heterocycles. The van der Waals surface area contributed by atoms with Crippen LogP contribution < -0.4 is 10.6 Å². The first-order chi connectivity index (χ1) is 42.3. The van der Waals surface area contributed by atoms with Crippen molar-refractivity contribution in [2.75, 3.05) is 41.5 Å². The van der Waals surface area contributed by atoms with Gasteiger partial charge >= 0.3 is 6.09 Å². The van der Waals surface area contributed by atoms with E-state index in [0.29, 0.717) is 62.6 Å². The maximum atomic E-state index is 14.8. The van der Waals surface area contributed by atoms with Crippen LogP contribution in [0, 0.1) is 23.7 Å². The summed E-state index contributed by atoms with van der Waals surface area (Å²) in [5.41, 5.74) is 13.3. The Morgan fingerprint density at radius 3 is 1.99 bits per heavy atom. The summed E-state index contributed by atoms with van der Waals surface area (Å²) in [6, 6.07) is 22.1. The summed E-state index contributed by atoms with van der Waals surface area (Å²) < 4.78 is 37.5. The predicted octanol–water partition coefficient (Wildman–Crippen LogP) is 12.9. The lowest BCUT2D eigenvalue weighted by Crippen LogP contribution is -2.60. The van der Waals surface area contributed by atoms with Crippen molar-refractivity contribution in [3.8, 4) is 0 Å². The quantitative estimate of drug-likeness (QED) is 0.0363. The van der Waals surface area contributed by atoms with Crippen LogP contribution in [-0.2, 0) is 60.8 Å². The van der Waals surface area contributed by atoms with Gasteiger partial charge in [0.2, 0.25) is 23.6 Å². The molecule has 6 rings (SSSR count). The van der Waals surface area contributed by atoms with Crippen molar-refractivity contribution in [1.82, 2.24) is 25.3 Å². The Bertz CT molecular complexity index is 2660. The van der Waals surface area contributed by atoms with Crippen molar-refractivity contribution in [2.45, 2.75) is 232 Å². The third-order valence-corrected chi connectivity index (χ3v) is 18.5. The van der Waals surface area contributed by atoms with E-state index in [4.69, 9.17) is 34.0 Å². The van der Waals surface area contributed by atoms with Crippen molar-refractivity contribution in [2.24, 2.45) is 28.8 Å². The SMILES string of the molecule is CC[C@H](C)[C@@H]([C@@H](CC(=O)N1CCC[C@H]1[C@H](OC)[C@@H](C)C(=O)N[C@H](C)[C@@H](OC1CCCC(COCc2ccc(C3CCCCCCCC3)cc2)O1)c1ccccc1)OC)N(C)C(=O)[C@@H](NC(=O)[C@H](C(C)C)N(C)C(=O)OCc1ccc(N=[N+]=[N-])cc1)C(C)C. The van der Waals surface area contributed by atoms with Gasteiger partial charge in [-0.25, -0.2) is 4.79 Å². The standard InChI is InChI=1S/C69H104N8O11/c1-13-47(6)63(75(9)68(81)61(45(2)3)72-67(80)62(46(4)5)76(10)69(82)86-43-51-34-38-55(39-35-51)73-74-70)58(83-11)41-59(78)77-40-24-30-57(77)64(84-12)48(7)66(79)71-49(8)65(54-27-21-18-22-28-54)88-60-31-23-29-56(87-60)44-85-42-50-32-36-53(37-33-50)52-25-19-16-14-15-17-20-26-52/h18,21-22,27-28,32-39,45-49,52,56-58,60-65H,13-17,19-20,23-26,29-31,40-44H2,1-12H3,(H,71,79)(H,72,80)/t47-,48+,49+,56?,57-,58+,60?,61-,62-,63-,64+,65+/m0/s1. The third kappa shape index (κ3) is 20.2. The fraction of sp³-hybridized carbons (Fsp3) is 0.667. The number of nitrogens with one attached hydrogen (secondary N) is 2. The van der Waals surface area contributed by atoms with Gasteiger partial charge in [0, 0.05) is 45.5 Å². The largest absolute Gasteiger partial charge is 0.445 e. The molecule has 2 N–H and O–H groups in total. The Hall–Kier alpha value is -6.08. The van der Waals surface area contributed by atoms with Gasteiger partial charge in [-0.15, -0.1) is 0 Å². The number of carbonyl (C=O) groups excluding carboxylic acids is 5. The number of azide groups is 1. The molecule has 12 atom stereocenters. The van der Waals surface area contributed by atoms with Crippen molar-refractivity contribution in [3.63, 3.8) is 0 Å². The summed E-state index contributed by atoms with van der Waals surface area (Å²) >= 11 is 0. The molecule has 3 aromatic carbocycles. The number of methoxy groups -OCH3 is 2. The molecule has 0 aromatic heterocycles. The van der Waals surface area contributed by atoms with Crippen LogP contribution >= 0.6 is 0 Å². The minimum Gasteiger partial charge on any atom is -0.445 e. The van der Waals surface area contributed by atoms with Gasteiger partial charge < -0.3 is 48.9 Å². The maximum Gasteiger partial charge on any atom is 0.410 e. The van der Waals surface area contributed by atoms with Crippen molar-refractivity contribution in [3.05, 3.63) is 112 Å². The molecule has 88 heavy (non-hydrogen) atoms. The monoisotopic (exact) mass is 1220 g/mol. The molecule has 3 aromatic rings. The van der Waals surface area contributed by atoms with E-state index in [1.807, 2.05) is 90.6 Å². The van der Waals surface area contributed by atoms with Gasteiger partial charge in [-0.2, -0.15) is 0 Å². The van der Waals surface area contributed by atoms with Gasteiger partial charge in [-0.1, -0.05) is 177 Å². The second kappa shape index (κ2) is 35.9. The molecule has 2 unspecified atom stereocenters. The highest BCUT2D eigenvalue weighted by atomic mass is 16.7. The lowest BCUT2D eigenvalue weighted by molar-refractivity contribution is -0.229. The highest BCUT2D eigenvalue weighted by Crippen LogP contribution is 2.34. The summed E-state index contributed by atoms with van der Waals surface area (Å²) in [5.74, 6) is -2.17. The van der Waals surface area contributed by atoms with Crippen LogP contribution in [0.5, 0.6) is 0 Å².